The Morgan fingerprint density at radius 2 is 1.74 bits per heavy atom. The lowest BCUT2D eigenvalue weighted by atomic mass is 9.90. The molecule has 0 amide bonds. The highest BCUT2D eigenvalue weighted by molar-refractivity contribution is 6.09. The number of morpholine rings is 1. The van der Waals surface area contributed by atoms with Crippen molar-refractivity contribution in [2.75, 3.05) is 32.9 Å². The smallest absolute Gasteiger partial charge is 0.306 e. The van der Waals surface area contributed by atoms with E-state index in [1.807, 2.05) is 41.4 Å². The van der Waals surface area contributed by atoms with Crippen molar-refractivity contribution in [3.63, 3.8) is 0 Å². The quantitative estimate of drug-likeness (QED) is 0.171. The van der Waals surface area contributed by atoms with Crippen molar-refractivity contribution in [3.05, 3.63) is 64.7 Å². The molecule has 2 aliphatic heterocycles. The average Bonchev–Trinajstić information content (AvgIpc) is 2.96. The monoisotopic (exact) mass is 535 g/mol. The van der Waals surface area contributed by atoms with Gasteiger partial charge in [0.05, 0.1) is 45.5 Å². The van der Waals surface area contributed by atoms with E-state index in [-0.39, 0.29) is 24.1 Å². The second kappa shape index (κ2) is 14.8. The number of rotatable bonds is 13. The molecule has 0 radical (unpaired) electrons. The molecule has 4 rings (SSSR count). The number of hydrogen-bond donors (Lipinski definition) is 1. The number of benzene rings is 2. The number of ether oxygens (including phenoxy) is 3. The van der Waals surface area contributed by atoms with Gasteiger partial charge in [0.25, 0.3) is 0 Å². The van der Waals surface area contributed by atoms with E-state index in [0.717, 1.165) is 37.1 Å². The third kappa shape index (κ3) is 8.63. The molecule has 2 atom stereocenters. The average molecular weight is 536 g/mol. The summed E-state index contributed by atoms with van der Waals surface area (Å²) in [4.78, 5) is 25.5. The number of esters is 1. The third-order valence-electron chi connectivity index (χ3n) is 7.26. The van der Waals surface area contributed by atoms with Crippen LogP contribution in [0.5, 0.6) is 5.75 Å². The Bertz CT molecular complexity index is 1110. The number of hydrazone groups is 1. The summed E-state index contributed by atoms with van der Waals surface area (Å²) in [5, 5.41) is 6.46. The predicted octanol–water partition coefficient (Wildman–Crippen LogP) is 4.71. The highest BCUT2D eigenvalue weighted by atomic mass is 16.5. The fourth-order valence-electron chi connectivity index (χ4n) is 4.85. The van der Waals surface area contributed by atoms with Crippen LogP contribution in [0.1, 0.15) is 78.9 Å². The number of unbranched alkanes of at least 4 members (excludes halogenated alkanes) is 5. The Balaban J connectivity index is 1.27. The van der Waals surface area contributed by atoms with Gasteiger partial charge in [-0.2, -0.15) is 5.10 Å². The van der Waals surface area contributed by atoms with E-state index in [1.54, 1.807) is 12.3 Å². The van der Waals surface area contributed by atoms with Crippen LogP contribution in [-0.4, -0.2) is 62.1 Å². The molecule has 0 spiro atoms. The van der Waals surface area contributed by atoms with Gasteiger partial charge in [-0.1, -0.05) is 75.4 Å². The second-order valence-corrected chi connectivity index (χ2v) is 10.3. The molecule has 2 aliphatic rings. The molecule has 8 nitrogen and oxygen atoms in total. The molecule has 2 N–H and O–H groups in total. The summed E-state index contributed by atoms with van der Waals surface area (Å²) in [5.41, 5.74) is 9.25. The number of ketones is 1. The molecule has 210 valence electrons. The lowest BCUT2D eigenvalue weighted by Gasteiger charge is -2.30. The fraction of sp³-hybridized carbons (Fsp3) is 0.516. The van der Waals surface area contributed by atoms with Crippen LogP contribution in [0.2, 0.25) is 0 Å². The molecule has 2 aromatic carbocycles. The Kier molecular flexibility index (Phi) is 10.9. The number of carbonyl (C=O) groups is 2. The topological polar surface area (TPSA) is 103 Å². The van der Waals surface area contributed by atoms with Gasteiger partial charge in [0.2, 0.25) is 0 Å². The van der Waals surface area contributed by atoms with Crippen LogP contribution in [0.4, 0.5) is 0 Å². The first-order valence-corrected chi connectivity index (χ1v) is 14.3. The van der Waals surface area contributed by atoms with Crippen LogP contribution in [0.15, 0.2) is 47.6 Å². The van der Waals surface area contributed by atoms with Crippen molar-refractivity contribution in [1.82, 2.24) is 5.01 Å². The fourth-order valence-corrected chi connectivity index (χ4v) is 4.85. The number of carbonyl (C=O) groups excluding carboxylic acids is 2. The van der Waals surface area contributed by atoms with Gasteiger partial charge in [0, 0.05) is 17.0 Å². The van der Waals surface area contributed by atoms with Gasteiger partial charge < -0.3 is 14.2 Å². The first-order chi connectivity index (χ1) is 19.0. The number of nitrogens with two attached hydrogens (primary N) is 1. The molecule has 0 bridgehead atoms. The van der Waals surface area contributed by atoms with Gasteiger partial charge in [0.1, 0.15) is 5.75 Å². The highest BCUT2D eigenvalue weighted by Crippen LogP contribution is 2.32. The molecule has 2 aromatic rings. The largest absolute Gasteiger partial charge is 0.475 e. The normalized spacial score (nSPS) is 19.0. The summed E-state index contributed by atoms with van der Waals surface area (Å²) in [6.07, 6.45) is 8.88. The maximum Gasteiger partial charge on any atom is 0.306 e. The minimum absolute atomic E-state index is 0.0907. The maximum atomic E-state index is 13.1. The summed E-state index contributed by atoms with van der Waals surface area (Å²) in [6, 6.07) is 12.8. The molecule has 8 heteroatoms. The first kappa shape index (κ1) is 28.8. The molecule has 0 aromatic heterocycles. The molecular formula is C31H41N3O5. The predicted molar refractivity (Wildman–Crippen MR) is 151 cm³/mol. The van der Waals surface area contributed by atoms with Gasteiger partial charge in [-0.25, -0.2) is 0 Å². The molecule has 2 unspecified atom stereocenters. The molecular weight excluding hydrogens is 494 g/mol. The van der Waals surface area contributed by atoms with Gasteiger partial charge in [-0.3, -0.25) is 20.3 Å². The van der Waals surface area contributed by atoms with Gasteiger partial charge in [0.15, 0.2) is 12.0 Å². The molecule has 39 heavy (non-hydrogen) atoms. The summed E-state index contributed by atoms with van der Waals surface area (Å²) < 4.78 is 16.7. The number of hydrogen-bond acceptors (Lipinski definition) is 8. The third-order valence-corrected chi connectivity index (χ3v) is 7.26. The van der Waals surface area contributed by atoms with Crippen molar-refractivity contribution >= 4 is 18.0 Å². The van der Waals surface area contributed by atoms with Crippen molar-refractivity contribution in [1.29, 1.82) is 0 Å². The lowest BCUT2D eigenvalue weighted by molar-refractivity contribution is -0.145. The Morgan fingerprint density at radius 1 is 1.03 bits per heavy atom. The van der Waals surface area contributed by atoms with Crippen LogP contribution in [0.3, 0.4) is 0 Å². The van der Waals surface area contributed by atoms with E-state index in [1.165, 1.54) is 25.7 Å². The zero-order valence-electron chi connectivity index (χ0n) is 23.0. The summed E-state index contributed by atoms with van der Waals surface area (Å²) in [7, 11) is 0. The maximum absolute atomic E-state index is 13.1. The summed E-state index contributed by atoms with van der Waals surface area (Å²) >= 11 is 0. The number of nitrogens with zero attached hydrogens (tertiary/aromatic N) is 2. The minimum atomic E-state index is -0.630. The van der Waals surface area contributed by atoms with Crippen LogP contribution < -0.4 is 10.5 Å². The van der Waals surface area contributed by atoms with Crippen molar-refractivity contribution in [3.8, 4) is 5.75 Å². The molecule has 0 saturated carbocycles. The van der Waals surface area contributed by atoms with E-state index in [0.29, 0.717) is 43.1 Å². The SMILES string of the molecule is CCCCCCCCOC(=O)CC1Cc2ccc(C(=O)c3ccc(C=NN4CCOCC4)cc3)cc2OC1N. The minimum Gasteiger partial charge on any atom is -0.475 e. The van der Waals surface area contributed by atoms with Crippen LogP contribution in [0, 0.1) is 5.92 Å². The van der Waals surface area contributed by atoms with E-state index in [2.05, 4.69) is 12.0 Å². The molecule has 2 heterocycles. The summed E-state index contributed by atoms with van der Waals surface area (Å²) in [6.45, 7) is 5.59. The highest BCUT2D eigenvalue weighted by Gasteiger charge is 2.30. The van der Waals surface area contributed by atoms with Crippen molar-refractivity contribution in [2.45, 2.75) is 64.5 Å². The Labute approximate surface area is 231 Å². The van der Waals surface area contributed by atoms with Gasteiger partial charge >= 0.3 is 5.97 Å². The lowest BCUT2D eigenvalue weighted by Crippen LogP contribution is -2.41. The van der Waals surface area contributed by atoms with E-state index < -0.39 is 6.23 Å². The van der Waals surface area contributed by atoms with Gasteiger partial charge in [-0.05, 0) is 30.0 Å². The van der Waals surface area contributed by atoms with E-state index in [9.17, 15) is 9.59 Å². The van der Waals surface area contributed by atoms with Crippen molar-refractivity contribution < 1.29 is 23.8 Å². The van der Waals surface area contributed by atoms with E-state index in [4.69, 9.17) is 19.9 Å². The Morgan fingerprint density at radius 3 is 2.51 bits per heavy atom. The van der Waals surface area contributed by atoms with Crippen LogP contribution in [-0.2, 0) is 20.7 Å². The second-order valence-electron chi connectivity index (χ2n) is 10.3. The van der Waals surface area contributed by atoms with Crippen LogP contribution >= 0.6 is 0 Å². The van der Waals surface area contributed by atoms with Gasteiger partial charge in [-0.15, -0.1) is 0 Å². The molecule has 1 fully saturated rings. The first-order valence-electron chi connectivity index (χ1n) is 14.3. The summed E-state index contributed by atoms with van der Waals surface area (Å²) in [5.74, 6) is 0.107. The standard InChI is InChI=1S/C31H41N3O5/c1-2-3-4-5-6-7-16-38-29(35)21-27-19-25-12-13-26(20-28(25)39-31(27)32)30(36)24-10-8-23(9-11-24)22-33-34-14-17-37-18-15-34/h8-13,20,22,27,31H,2-7,14-19,21,32H2,1H3. The zero-order chi connectivity index (χ0) is 27.5. The molecule has 0 aliphatic carbocycles. The van der Waals surface area contributed by atoms with Crippen LogP contribution in [0.25, 0.3) is 0 Å². The zero-order valence-corrected chi connectivity index (χ0v) is 23.0. The van der Waals surface area contributed by atoms with Crippen molar-refractivity contribution in [2.24, 2.45) is 16.8 Å². The van der Waals surface area contributed by atoms with E-state index >= 15 is 0 Å². The molecule has 1 saturated heterocycles. The Hall–Kier alpha value is -3.23. The number of fused-ring (bicyclic) bond motifs is 1.